The lowest BCUT2D eigenvalue weighted by Crippen LogP contribution is -2.19. The van der Waals surface area contributed by atoms with E-state index in [0.717, 1.165) is 10.4 Å². The van der Waals surface area contributed by atoms with E-state index in [9.17, 15) is 0 Å². The average molecular weight is 302 g/mol. The van der Waals surface area contributed by atoms with Gasteiger partial charge < -0.3 is 19.1 Å². The van der Waals surface area contributed by atoms with Crippen LogP contribution in [-0.4, -0.2) is 40.0 Å². The Morgan fingerprint density at radius 1 is 1.10 bits per heavy atom. The number of oxime groups is 2. The molecule has 7 heteroatoms. The zero-order valence-electron chi connectivity index (χ0n) is 12.8. The van der Waals surface area contributed by atoms with E-state index in [2.05, 4.69) is 10.3 Å². The van der Waals surface area contributed by atoms with E-state index in [1.807, 2.05) is 25.3 Å². The highest BCUT2D eigenvalue weighted by atomic mass is 32.1. The number of ether oxygens (including phenoxy) is 2. The smallest absolute Gasteiger partial charge is 0.281 e. The molecule has 1 aromatic heterocycles. The van der Waals surface area contributed by atoms with E-state index in [0.29, 0.717) is 12.3 Å². The van der Waals surface area contributed by atoms with Crippen molar-refractivity contribution < 1.29 is 19.1 Å². The molecule has 0 atom stereocenters. The molecular formula is C13H22N2O4S. The number of hydrogen-bond donors (Lipinski definition) is 0. The van der Waals surface area contributed by atoms with Gasteiger partial charge >= 0.3 is 0 Å². The largest absolute Gasteiger partial charge is 0.477 e. The molecule has 0 spiro atoms. The highest BCUT2D eigenvalue weighted by Crippen LogP contribution is 2.20. The summed E-state index contributed by atoms with van der Waals surface area (Å²) in [6, 6.07) is 1.95. The second-order valence-electron chi connectivity index (χ2n) is 3.11. The van der Waals surface area contributed by atoms with E-state index in [-0.39, 0.29) is 5.90 Å². The zero-order valence-corrected chi connectivity index (χ0v) is 13.6. The van der Waals surface area contributed by atoms with Crippen LogP contribution in [0.25, 0.3) is 0 Å². The normalized spacial score (nSPS) is 11.5. The molecule has 0 fully saturated rings. The van der Waals surface area contributed by atoms with Gasteiger partial charge in [-0.15, -0.1) is 11.3 Å². The van der Waals surface area contributed by atoms with Crippen molar-refractivity contribution in [2.75, 3.05) is 28.4 Å². The molecule has 0 saturated carbocycles. The third-order valence-electron chi connectivity index (χ3n) is 2.01. The first kappa shape index (κ1) is 18.4. The minimum Gasteiger partial charge on any atom is -0.477 e. The molecule has 1 heterocycles. The quantitative estimate of drug-likeness (QED) is 0.460. The monoisotopic (exact) mass is 302 g/mol. The molecule has 0 aromatic carbocycles. The van der Waals surface area contributed by atoms with E-state index >= 15 is 0 Å². The van der Waals surface area contributed by atoms with Gasteiger partial charge in [0.05, 0.1) is 18.6 Å². The first-order valence-corrected chi connectivity index (χ1v) is 6.98. The van der Waals surface area contributed by atoms with Crippen molar-refractivity contribution in [2.45, 2.75) is 20.5 Å². The highest BCUT2D eigenvalue weighted by molar-refractivity contribution is 7.13. The number of nitrogens with zero attached hydrogens (tertiary/aromatic N) is 2. The summed E-state index contributed by atoms with van der Waals surface area (Å²) >= 11 is 1.50. The maximum absolute atomic E-state index is 5.14. The molecule has 0 amide bonds. The fourth-order valence-electron chi connectivity index (χ4n) is 1.34. The minimum absolute atomic E-state index is 0.249. The van der Waals surface area contributed by atoms with Gasteiger partial charge in [0, 0.05) is 7.11 Å². The third-order valence-corrected chi connectivity index (χ3v) is 2.98. The molecule has 0 saturated heterocycles. The predicted octanol–water partition coefficient (Wildman–Crippen LogP) is 2.88. The van der Waals surface area contributed by atoms with Crippen LogP contribution < -0.4 is 0 Å². The summed E-state index contributed by atoms with van der Waals surface area (Å²) < 4.78 is 10.3. The van der Waals surface area contributed by atoms with Crippen LogP contribution in [-0.2, 0) is 25.8 Å². The van der Waals surface area contributed by atoms with Crippen molar-refractivity contribution in [2.24, 2.45) is 10.3 Å². The molecule has 0 unspecified atom stereocenters. The Morgan fingerprint density at radius 2 is 1.75 bits per heavy atom. The molecule has 1 aromatic rings. The van der Waals surface area contributed by atoms with Crippen molar-refractivity contribution >= 4 is 22.9 Å². The van der Waals surface area contributed by atoms with Gasteiger partial charge in [0.2, 0.25) is 0 Å². The van der Waals surface area contributed by atoms with Crippen LogP contribution in [0.5, 0.6) is 0 Å². The molecule has 6 nitrogen and oxygen atoms in total. The highest BCUT2D eigenvalue weighted by Gasteiger charge is 2.19. The number of thiophene rings is 1. The van der Waals surface area contributed by atoms with Gasteiger partial charge in [-0.2, -0.15) is 0 Å². The van der Waals surface area contributed by atoms with Crippen LogP contribution >= 0.6 is 11.3 Å². The Labute approximate surface area is 124 Å². The van der Waals surface area contributed by atoms with Gasteiger partial charge in [0.15, 0.2) is 5.71 Å². The fourth-order valence-corrected chi connectivity index (χ4v) is 2.22. The number of rotatable bonds is 6. The Balaban J connectivity index is 0.00000172. The maximum Gasteiger partial charge on any atom is 0.281 e. The van der Waals surface area contributed by atoms with E-state index in [4.69, 9.17) is 19.1 Å². The van der Waals surface area contributed by atoms with Crippen molar-refractivity contribution in [1.82, 2.24) is 0 Å². The fraction of sp³-hybridized carbons (Fsp3) is 0.538. The van der Waals surface area contributed by atoms with Gasteiger partial charge in [0.1, 0.15) is 14.2 Å². The number of hydrogen-bond acceptors (Lipinski definition) is 7. The molecule has 0 aliphatic rings. The minimum atomic E-state index is 0.249. The predicted molar refractivity (Wildman–Crippen MR) is 81.4 cm³/mol. The lowest BCUT2D eigenvalue weighted by atomic mass is 10.2. The zero-order chi connectivity index (χ0) is 15.4. The molecule has 1 rings (SSSR count). The van der Waals surface area contributed by atoms with Gasteiger partial charge in [-0.1, -0.05) is 19.0 Å². The Bertz CT molecular complexity index is 430. The summed E-state index contributed by atoms with van der Waals surface area (Å²) in [7, 11) is 6.03. The first-order chi connectivity index (χ1) is 9.78. The molecule has 0 bridgehead atoms. The summed E-state index contributed by atoms with van der Waals surface area (Å²) in [5.74, 6) is 0.249. The lowest BCUT2D eigenvalue weighted by molar-refractivity contribution is 0.185. The first-order valence-electron chi connectivity index (χ1n) is 6.10. The summed E-state index contributed by atoms with van der Waals surface area (Å²) in [4.78, 5) is 10.4. The van der Waals surface area contributed by atoms with Crippen molar-refractivity contribution in [3.8, 4) is 0 Å². The topological polar surface area (TPSA) is 61.6 Å². The van der Waals surface area contributed by atoms with Crippen molar-refractivity contribution in [1.29, 1.82) is 0 Å². The van der Waals surface area contributed by atoms with Crippen LogP contribution in [0, 0.1) is 0 Å². The summed E-state index contributed by atoms with van der Waals surface area (Å²) in [6.45, 7) is 4.48. The van der Waals surface area contributed by atoms with Crippen LogP contribution in [0.15, 0.2) is 21.8 Å². The summed E-state index contributed by atoms with van der Waals surface area (Å²) in [6.07, 6.45) is 0. The molecule has 0 aliphatic heterocycles. The molecule has 114 valence electrons. The Morgan fingerprint density at radius 3 is 2.25 bits per heavy atom. The SMILES string of the molecule is CC.COCc1ccsc1C(=N\OC)/C(=N/OC)OC. The lowest BCUT2D eigenvalue weighted by Gasteiger charge is -2.07. The van der Waals surface area contributed by atoms with Gasteiger partial charge in [0.25, 0.3) is 5.90 Å². The van der Waals surface area contributed by atoms with Crippen LogP contribution in [0.2, 0.25) is 0 Å². The van der Waals surface area contributed by atoms with Crippen LogP contribution in [0.3, 0.4) is 0 Å². The molecular weight excluding hydrogens is 280 g/mol. The molecule has 20 heavy (non-hydrogen) atoms. The summed E-state index contributed by atoms with van der Waals surface area (Å²) in [5.41, 5.74) is 1.46. The third kappa shape index (κ3) is 5.18. The van der Waals surface area contributed by atoms with Crippen LogP contribution in [0.1, 0.15) is 24.3 Å². The Kier molecular flexibility index (Phi) is 10.3. The van der Waals surface area contributed by atoms with E-state index in [1.165, 1.54) is 32.7 Å². The Hall–Kier alpha value is -1.60. The van der Waals surface area contributed by atoms with Gasteiger partial charge in [-0.3, -0.25) is 0 Å². The van der Waals surface area contributed by atoms with Gasteiger partial charge in [-0.25, -0.2) is 0 Å². The molecule has 0 N–H and O–H groups in total. The summed E-state index contributed by atoms with van der Waals surface area (Å²) in [5, 5.41) is 9.64. The maximum atomic E-state index is 5.14. The second kappa shape index (κ2) is 11.2. The average Bonchev–Trinajstić information content (AvgIpc) is 2.93. The van der Waals surface area contributed by atoms with Crippen LogP contribution in [0.4, 0.5) is 0 Å². The molecule has 0 aliphatic carbocycles. The van der Waals surface area contributed by atoms with E-state index < -0.39 is 0 Å². The standard InChI is InChI=1S/C11H16N2O4S.C2H6/c1-14-7-8-5-6-18-10(8)9(12-16-3)11(15-2)13-17-4;1-2/h5-6H,7H2,1-4H3;1-2H3/b12-9+,13-11-;. The van der Waals surface area contributed by atoms with E-state index in [1.54, 1.807) is 7.11 Å². The van der Waals surface area contributed by atoms with Crippen molar-refractivity contribution in [3.63, 3.8) is 0 Å². The van der Waals surface area contributed by atoms with Gasteiger partial charge in [-0.05, 0) is 22.2 Å². The second-order valence-corrected chi connectivity index (χ2v) is 4.03. The van der Waals surface area contributed by atoms with Crippen molar-refractivity contribution in [3.05, 3.63) is 21.9 Å². The number of methoxy groups -OCH3 is 2. The molecule has 0 radical (unpaired) electrons.